The molecule has 0 aromatic carbocycles. The number of nitrogens with one attached hydrogen (secondary N) is 2. The first-order valence-corrected chi connectivity index (χ1v) is 6.60. The lowest BCUT2D eigenvalue weighted by molar-refractivity contribution is 0.129. The van der Waals surface area contributed by atoms with E-state index in [1.165, 1.54) is 12.8 Å². The first-order valence-electron chi connectivity index (χ1n) is 6.60. The Morgan fingerprint density at radius 1 is 0.938 bits per heavy atom. The zero-order valence-electron chi connectivity index (χ0n) is 11.6. The highest BCUT2D eigenvalue weighted by atomic mass is 16.5. The fourth-order valence-corrected chi connectivity index (χ4v) is 1.30. The molecule has 0 heterocycles. The Morgan fingerprint density at radius 2 is 1.62 bits per heavy atom. The molecule has 0 spiro atoms. The summed E-state index contributed by atoms with van der Waals surface area (Å²) in [6, 6.07) is 0. The van der Waals surface area contributed by atoms with Gasteiger partial charge in [0.15, 0.2) is 0 Å². The largest absolute Gasteiger partial charge is 0.381 e. The minimum atomic E-state index is 0.227. The van der Waals surface area contributed by atoms with Crippen LogP contribution in [0, 0.1) is 0 Å². The second kappa shape index (κ2) is 10.1. The van der Waals surface area contributed by atoms with Crippen molar-refractivity contribution in [2.45, 2.75) is 52.5 Å². The van der Waals surface area contributed by atoms with Crippen LogP contribution in [0.5, 0.6) is 0 Å². The van der Waals surface area contributed by atoms with Gasteiger partial charge in [-0.3, -0.25) is 0 Å². The molecule has 0 aromatic heterocycles. The molecular formula is C13H30N2O. The number of hydrogen-bond donors (Lipinski definition) is 2. The van der Waals surface area contributed by atoms with E-state index in [0.29, 0.717) is 0 Å². The predicted octanol–water partition coefficient (Wildman–Crippen LogP) is 2.17. The minimum Gasteiger partial charge on any atom is -0.381 e. The number of hydrogen-bond acceptors (Lipinski definition) is 3. The maximum absolute atomic E-state index is 5.48. The molecule has 0 radical (unpaired) electrons. The molecule has 0 rings (SSSR count). The molecule has 0 saturated heterocycles. The van der Waals surface area contributed by atoms with Gasteiger partial charge in [0, 0.05) is 31.8 Å². The molecule has 0 fully saturated rings. The van der Waals surface area contributed by atoms with Crippen LogP contribution in [-0.4, -0.2) is 38.4 Å². The van der Waals surface area contributed by atoms with Crippen molar-refractivity contribution in [2.24, 2.45) is 0 Å². The van der Waals surface area contributed by atoms with E-state index in [1.807, 2.05) is 0 Å². The maximum Gasteiger partial charge on any atom is 0.0478 e. The molecule has 0 saturated carbocycles. The summed E-state index contributed by atoms with van der Waals surface area (Å²) < 4.78 is 5.48. The van der Waals surface area contributed by atoms with Crippen molar-refractivity contribution >= 4 is 0 Å². The molecule has 0 aliphatic carbocycles. The quantitative estimate of drug-likeness (QED) is 0.564. The lowest BCUT2D eigenvalue weighted by atomic mass is 10.1. The fourth-order valence-electron chi connectivity index (χ4n) is 1.30. The second-order valence-electron chi connectivity index (χ2n) is 5.25. The zero-order valence-corrected chi connectivity index (χ0v) is 11.6. The smallest absolute Gasteiger partial charge is 0.0478 e. The summed E-state index contributed by atoms with van der Waals surface area (Å²) in [6.07, 6.45) is 3.51. The summed E-state index contributed by atoms with van der Waals surface area (Å²) in [5.41, 5.74) is 0.227. The van der Waals surface area contributed by atoms with Gasteiger partial charge < -0.3 is 15.4 Å². The monoisotopic (exact) mass is 230 g/mol. The van der Waals surface area contributed by atoms with Crippen LogP contribution in [-0.2, 0) is 4.74 Å². The van der Waals surface area contributed by atoms with Crippen molar-refractivity contribution in [1.29, 1.82) is 0 Å². The van der Waals surface area contributed by atoms with E-state index in [9.17, 15) is 0 Å². The summed E-state index contributed by atoms with van der Waals surface area (Å²) in [5.74, 6) is 0. The standard InChI is InChI=1S/C13H30N2O/c1-5-6-11-16-12-7-8-14-9-10-15-13(2,3)4/h14-15H,5-12H2,1-4H3. The highest BCUT2D eigenvalue weighted by molar-refractivity contribution is 4.70. The van der Waals surface area contributed by atoms with Crippen LogP contribution in [0.2, 0.25) is 0 Å². The molecule has 98 valence electrons. The maximum atomic E-state index is 5.48. The van der Waals surface area contributed by atoms with Gasteiger partial charge in [-0.15, -0.1) is 0 Å². The normalized spacial score (nSPS) is 12.0. The molecule has 0 aliphatic heterocycles. The summed E-state index contributed by atoms with van der Waals surface area (Å²) in [5, 5.41) is 6.85. The third-order valence-electron chi connectivity index (χ3n) is 2.24. The van der Waals surface area contributed by atoms with E-state index in [0.717, 1.165) is 39.3 Å². The Balaban J connectivity index is 2.99. The highest BCUT2D eigenvalue weighted by Crippen LogP contribution is 1.96. The minimum absolute atomic E-state index is 0.227. The topological polar surface area (TPSA) is 33.3 Å². The van der Waals surface area contributed by atoms with Crippen molar-refractivity contribution in [2.75, 3.05) is 32.8 Å². The fraction of sp³-hybridized carbons (Fsp3) is 1.00. The Morgan fingerprint density at radius 3 is 2.25 bits per heavy atom. The van der Waals surface area contributed by atoms with Crippen LogP contribution in [0.3, 0.4) is 0 Å². The molecule has 16 heavy (non-hydrogen) atoms. The predicted molar refractivity (Wildman–Crippen MR) is 71.0 cm³/mol. The van der Waals surface area contributed by atoms with Crippen LogP contribution in [0.1, 0.15) is 47.0 Å². The Hall–Kier alpha value is -0.120. The average Bonchev–Trinajstić information content (AvgIpc) is 2.19. The molecule has 0 aromatic rings. The molecule has 0 atom stereocenters. The van der Waals surface area contributed by atoms with Crippen LogP contribution in [0.4, 0.5) is 0 Å². The number of ether oxygens (including phenoxy) is 1. The van der Waals surface area contributed by atoms with Gasteiger partial charge in [0.2, 0.25) is 0 Å². The van der Waals surface area contributed by atoms with Crippen molar-refractivity contribution in [3.8, 4) is 0 Å². The van der Waals surface area contributed by atoms with Crippen molar-refractivity contribution in [3.05, 3.63) is 0 Å². The van der Waals surface area contributed by atoms with Crippen molar-refractivity contribution in [1.82, 2.24) is 10.6 Å². The SMILES string of the molecule is CCCCOCCCNCCNC(C)(C)C. The van der Waals surface area contributed by atoms with E-state index in [1.54, 1.807) is 0 Å². The van der Waals surface area contributed by atoms with Gasteiger partial charge in [0.25, 0.3) is 0 Å². The third-order valence-corrected chi connectivity index (χ3v) is 2.24. The molecule has 0 aliphatic rings. The molecule has 0 unspecified atom stereocenters. The van der Waals surface area contributed by atoms with Crippen LogP contribution < -0.4 is 10.6 Å². The summed E-state index contributed by atoms with van der Waals surface area (Å²) in [6.45, 7) is 13.7. The van der Waals surface area contributed by atoms with E-state index >= 15 is 0 Å². The average molecular weight is 230 g/mol. The lowest BCUT2D eigenvalue weighted by Gasteiger charge is -2.20. The van der Waals surface area contributed by atoms with Crippen LogP contribution >= 0.6 is 0 Å². The van der Waals surface area contributed by atoms with Gasteiger partial charge >= 0.3 is 0 Å². The molecular weight excluding hydrogens is 200 g/mol. The van der Waals surface area contributed by atoms with E-state index < -0.39 is 0 Å². The number of rotatable bonds is 10. The van der Waals surface area contributed by atoms with Gasteiger partial charge in [0.05, 0.1) is 0 Å². The molecule has 2 N–H and O–H groups in total. The molecule has 3 nitrogen and oxygen atoms in total. The Labute approximate surface area is 101 Å². The van der Waals surface area contributed by atoms with Gasteiger partial charge in [-0.25, -0.2) is 0 Å². The van der Waals surface area contributed by atoms with Gasteiger partial charge in [-0.1, -0.05) is 13.3 Å². The first-order chi connectivity index (χ1) is 7.56. The summed E-state index contributed by atoms with van der Waals surface area (Å²) in [4.78, 5) is 0. The third kappa shape index (κ3) is 13.9. The van der Waals surface area contributed by atoms with E-state index in [2.05, 4.69) is 38.3 Å². The number of unbranched alkanes of at least 4 members (excludes halogenated alkanes) is 1. The summed E-state index contributed by atoms with van der Waals surface area (Å²) in [7, 11) is 0. The second-order valence-corrected chi connectivity index (χ2v) is 5.25. The van der Waals surface area contributed by atoms with Gasteiger partial charge in [-0.05, 0) is 40.2 Å². The van der Waals surface area contributed by atoms with Gasteiger partial charge in [0.1, 0.15) is 0 Å². The lowest BCUT2D eigenvalue weighted by Crippen LogP contribution is -2.40. The summed E-state index contributed by atoms with van der Waals surface area (Å²) >= 11 is 0. The Bertz CT molecular complexity index is 143. The molecule has 0 amide bonds. The van der Waals surface area contributed by atoms with Crippen molar-refractivity contribution < 1.29 is 4.74 Å². The Kier molecular flexibility index (Phi) is 9.99. The van der Waals surface area contributed by atoms with E-state index in [-0.39, 0.29) is 5.54 Å². The van der Waals surface area contributed by atoms with Crippen LogP contribution in [0.15, 0.2) is 0 Å². The van der Waals surface area contributed by atoms with E-state index in [4.69, 9.17) is 4.74 Å². The van der Waals surface area contributed by atoms with Crippen LogP contribution in [0.25, 0.3) is 0 Å². The molecule has 0 bridgehead atoms. The van der Waals surface area contributed by atoms with Crippen molar-refractivity contribution in [3.63, 3.8) is 0 Å². The van der Waals surface area contributed by atoms with Gasteiger partial charge in [-0.2, -0.15) is 0 Å². The molecule has 3 heteroatoms. The zero-order chi connectivity index (χ0) is 12.3. The first kappa shape index (κ1) is 15.9. The highest BCUT2D eigenvalue weighted by Gasteiger charge is 2.06.